The number of hydrogen-bond acceptors (Lipinski definition) is 9. The minimum atomic E-state index is -0.554. The van der Waals surface area contributed by atoms with E-state index in [0.717, 1.165) is 22.9 Å². The van der Waals surface area contributed by atoms with Crippen molar-refractivity contribution in [2.75, 3.05) is 0 Å². The van der Waals surface area contributed by atoms with Crippen LogP contribution in [-0.4, -0.2) is 31.3 Å². The molecule has 25 heavy (non-hydrogen) atoms. The summed E-state index contributed by atoms with van der Waals surface area (Å²) in [6, 6.07) is 0. The Morgan fingerprint density at radius 3 is 2.72 bits per heavy atom. The third-order valence-corrected chi connectivity index (χ3v) is 5.62. The van der Waals surface area contributed by atoms with Gasteiger partial charge in [0.05, 0.1) is 16.0 Å². The minimum absolute atomic E-state index is 0.113. The number of ether oxygens (including phenoxy) is 1. The van der Waals surface area contributed by atoms with Gasteiger partial charge in [-0.15, -0.1) is 16.4 Å². The van der Waals surface area contributed by atoms with Crippen LogP contribution >= 0.6 is 22.9 Å². The standard InChI is InChI=1S/C15H14N4O4S2/c1-4-8-12(25-19-18-8)15(22)23-5-9-16-13(21)10-6(2)11(7(3)20)24-14(10)17-9/h4-5H2,1-3H3,(H,16,17,21). The molecule has 3 rings (SSSR count). The number of aromatic amines is 1. The number of H-pyrrole nitrogens is 1. The summed E-state index contributed by atoms with van der Waals surface area (Å²) in [5, 5.41) is 4.25. The summed E-state index contributed by atoms with van der Waals surface area (Å²) in [4.78, 5) is 44.2. The Labute approximate surface area is 150 Å². The van der Waals surface area contributed by atoms with E-state index < -0.39 is 5.97 Å². The van der Waals surface area contributed by atoms with Crippen molar-refractivity contribution >= 4 is 44.8 Å². The van der Waals surface area contributed by atoms with Gasteiger partial charge in [0.25, 0.3) is 5.56 Å². The van der Waals surface area contributed by atoms with Crippen LogP contribution in [0.4, 0.5) is 0 Å². The maximum absolute atomic E-state index is 12.3. The summed E-state index contributed by atoms with van der Waals surface area (Å²) in [5.74, 6) is -0.447. The van der Waals surface area contributed by atoms with Gasteiger partial charge < -0.3 is 9.72 Å². The van der Waals surface area contributed by atoms with Crippen LogP contribution in [0.2, 0.25) is 0 Å². The van der Waals surface area contributed by atoms with Gasteiger partial charge in [0.1, 0.15) is 17.3 Å². The molecule has 0 radical (unpaired) electrons. The summed E-state index contributed by atoms with van der Waals surface area (Å²) in [5.41, 5.74) is 0.839. The fourth-order valence-electron chi connectivity index (χ4n) is 2.39. The number of esters is 1. The van der Waals surface area contributed by atoms with Crippen LogP contribution in [0.1, 0.15) is 50.3 Å². The predicted molar refractivity (Wildman–Crippen MR) is 93.4 cm³/mol. The van der Waals surface area contributed by atoms with Crippen molar-refractivity contribution in [3.05, 3.63) is 37.2 Å². The summed E-state index contributed by atoms with van der Waals surface area (Å²) in [6.45, 7) is 4.85. The Balaban J connectivity index is 1.86. The fourth-order valence-corrected chi connectivity index (χ4v) is 4.13. The molecule has 0 aliphatic rings. The summed E-state index contributed by atoms with van der Waals surface area (Å²) in [7, 11) is 0. The van der Waals surface area contributed by atoms with Crippen molar-refractivity contribution in [3.63, 3.8) is 0 Å². The zero-order chi connectivity index (χ0) is 18.1. The molecule has 0 fully saturated rings. The number of fused-ring (bicyclic) bond motifs is 1. The highest BCUT2D eigenvalue weighted by molar-refractivity contribution is 7.20. The van der Waals surface area contributed by atoms with Gasteiger partial charge in [-0.25, -0.2) is 9.78 Å². The van der Waals surface area contributed by atoms with Crippen LogP contribution in [0.5, 0.6) is 0 Å². The second-order valence-corrected chi connectivity index (χ2v) is 7.04. The van der Waals surface area contributed by atoms with E-state index in [-0.39, 0.29) is 23.8 Å². The highest BCUT2D eigenvalue weighted by atomic mass is 32.1. The number of carbonyl (C=O) groups is 2. The minimum Gasteiger partial charge on any atom is -0.453 e. The zero-order valence-electron chi connectivity index (χ0n) is 13.7. The van der Waals surface area contributed by atoms with Crippen molar-refractivity contribution < 1.29 is 14.3 Å². The molecule has 0 spiro atoms. The molecular formula is C15H14N4O4S2. The number of nitrogens with zero attached hydrogens (tertiary/aromatic N) is 3. The molecule has 0 bridgehead atoms. The summed E-state index contributed by atoms with van der Waals surface area (Å²) < 4.78 is 8.94. The molecule has 0 saturated carbocycles. The maximum Gasteiger partial charge on any atom is 0.352 e. The number of aromatic nitrogens is 4. The molecule has 10 heteroatoms. The number of nitrogens with one attached hydrogen (secondary N) is 1. The summed E-state index contributed by atoms with van der Waals surface area (Å²) in [6.07, 6.45) is 0.574. The molecule has 8 nitrogen and oxygen atoms in total. The van der Waals surface area contributed by atoms with Crippen LogP contribution in [0, 0.1) is 6.92 Å². The summed E-state index contributed by atoms with van der Waals surface area (Å²) >= 11 is 2.13. The topological polar surface area (TPSA) is 115 Å². The van der Waals surface area contributed by atoms with Crippen molar-refractivity contribution in [2.24, 2.45) is 0 Å². The predicted octanol–water partition coefficient (Wildman–Crippen LogP) is 2.27. The number of rotatable bonds is 5. The van der Waals surface area contributed by atoms with E-state index in [9.17, 15) is 14.4 Å². The fraction of sp³-hybridized carbons (Fsp3) is 0.333. The Hall–Kier alpha value is -2.46. The van der Waals surface area contributed by atoms with Crippen LogP contribution in [-0.2, 0) is 17.8 Å². The molecule has 0 aromatic carbocycles. The molecule has 0 aliphatic carbocycles. The molecule has 1 N–H and O–H groups in total. The molecule has 0 aliphatic heterocycles. The lowest BCUT2D eigenvalue weighted by Crippen LogP contribution is -2.14. The van der Waals surface area contributed by atoms with Crippen molar-refractivity contribution in [2.45, 2.75) is 33.8 Å². The average molecular weight is 378 g/mol. The molecule has 3 aromatic rings. The van der Waals surface area contributed by atoms with E-state index in [4.69, 9.17) is 4.74 Å². The first kappa shape index (κ1) is 17.4. The van der Waals surface area contributed by atoms with Gasteiger partial charge >= 0.3 is 5.97 Å². The molecule has 0 saturated heterocycles. The molecule has 130 valence electrons. The average Bonchev–Trinajstić information content (AvgIpc) is 3.17. The monoisotopic (exact) mass is 378 g/mol. The first-order chi connectivity index (χ1) is 11.9. The second kappa shape index (κ2) is 6.81. The van der Waals surface area contributed by atoms with Gasteiger partial charge in [0.15, 0.2) is 10.7 Å². The van der Waals surface area contributed by atoms with Crippen molar-refractivity contribution in [3.8, 4) is 0 Å². The smallest absolute Gasteiger partial charge is 0.352 e. The SMILES string of the molecule is CCc1nnsc1C(=O)OCc1nc2sc(C(C)=O)c(C)c2c(=O)[nH]1. The Bertz CT molecular complexity index is 1030. The van der Waals surface area contributed by atoms with Crippen LogP contribution in [0.3, 0.4) is 0 Å². The number of ketones is 1. The van der Waals surface area contributed by atoms with E-state index in [1.54, 1.807) is 6.92 Å². The third-order valence-electron chi connectivity index (χ3n) is 3.59. The first-order valence-corrected chi connectivity index (χ1v) is 9.03. The molecular weight excluding hydrogens is 364 g/mol. The second-order valence-electron chi connectivity index (χ2n) is 5.28. The highest BCUT2D eigenvalue weighted by Crippen LogP contribution is 2.27. The number of aryl methyl sites for hydroxylation is 2. The molecule has 0 atom stereocenters. The quantitative estimate of drug-likeness (QED) is 0.535. The normalized spacial score (nSPS) is 11.0. The molecule has 3 heterocycles. The molecule has 3 aromatic heterocycles. The van der Waals surface area contributed by atoms with E-state index >= 15 is 0 Å². The van der Waals surface area contributed by atoms with Gasteiger partial charge in [0, 0.05) is 0 Å². The van der Waals surface area contributed by atoms with Gasteiger partial charge in [-0.1, -0.05) is 11.4 Å². The molecule has 0 amide bonds. The lowest BCUT2D eigenvalue weighted by atomic mass is 10.2. The van der Waals surface area contributed by atoms with Crippen LogP contribution < -0.4 is 5.56 Å². The maximum atomic E-state index is 12.3. The van der Waals surface area contributed by atoms with Crippen LogP contribution in [0.25, 0.3) is 10.2 Å². The van der Waals surface area contributed by atoms with E-state index in [1.165, 1.54) is 6.92 Å². The third kappa shape index (κ3) is 3.22. The zero-order valence-corrected chi connectivity index (χ0v) is 15.3. The number of thiophene rings is 1. The van der Waals surface area contributed by atoms with Crippen molar-refractivity contribution in [1.82, 2.24) is 19.6 Å². The van der Waals surface area contributed by atoms with E-state index in [2.05, 4.69) is 19.6 Å². The highest BCUT2D eigenvalue weighted by Gasteiger charge is 2.19. The molecule has 0 unspecified atom stereocenters. The van der Waals surface area contributed by atoms with Crippen LogP contribution in [0.15, 0.2) is 4.79 Å². The van der Waals surface area contributed by atoms with Gasteiger partial charge in [-0.2, -0.15) is 0 Å². The number of carbonyl (C=O) groups excluding carboxylic acids is 2. The Kier molecular flexibility index (Phi) is 4.73. The first-order valence-electron chi connectivity index (χ1n) is 7.44. The lowest BCUT2D eigenvalue weighted by Gasteiger charge is -2.03. The lowest BCUT2D eigenvalue weighted by molar-refractivity contribution is 0.0466. The van der Waals surface area contributed by atoms with Crippen molar-refractivity contribution in [1.29, 1.82) is 0 Å². The Morgan fingerprint density at radius 2 is 2.04 bits per heavy atom. The van der Waals surface area contributed by atoms with Gasteiger partial charge in [-0.3, -0.25) is 9.59 Å². The Morgan fingerprint density at radius 1 is 1.28 bits per heavy atom. The van der Waals surface area contributed by atoms with E-state index in [1.807, 2.05) is 6.92 Å². The largest absolute Gasteiger partial charge is 0.453 e. The number of Topliss-reactive ketones (excluding diaryl/α,β-unsaturated/α-hetero) is 1. The van der Waals surface area contributed by atoms with Gasteiger partial charge in [0.2, 0.25) is 0 Å². The van der Waals surface area contributed by atoms with Gasteiger partial charge in [-0.05, 0) is 37.4 Å². The number of hydrogen-bond donors (Lipinski definition) is 1. The van der Waals surface area contributed by atoms with E-state index in [0.29, 0.717) is 37.6 Å².